The Hall–Kier alpha value is -0.810. The first kappa shape index (κ1) is 13.6. The Morgan fingerprint density at radius 2 is 2.00 bits per heavy atom. The quantitative estimate of drug-likeness (QED) is 0.810. The Morgan fingerprint density at radius 3 is 2.67 bits per heavy atom. The van der Waals surface area contributed by atoms with E-state index in [1.54, 1.807) is 7.11 Å². The zero-order valence-corrected chi connectivity index (χ0v) is 11.5. The Kier molecular flexibility index (Phi) is 4.83. The van der Waals surface area contributed by atoms with Crippen molar-refractivity contribution in [3.8, 4) is 0 Å². The van der Waals surface area contributed by atoms with E-state index in [1.807, 2.05) is 4.90 Å². The molecule has 104 valence electrons. The number of carbonyl (C=O) groups excluding carboxylic acids is 1. The molecule has 0 aromatic carbocycles. The van der Waals surface area contributed by atoms with Crippen LogP contribution < -0.4 is 5.32 Å². The fourth-order valence-corrected chi connectivity index (χ4v) is 2.81. The lowest BCUT2D eigenvalue weighted by Gasteiger charge is -2.30. The molecule has 18 heavy (non-hydrogen) atoms. The molecule has 0 saturated carbocycles. The first-order chi connectivity index (χ1) is 8.69. The summed E-state index contributed by atoms with van der Waals surface area (Å²) in [6.45, 7) is 4.63. The van der Waals surface area contributed by atoms with Crippen LogP contribution in [0.2, 0.25) is 0 Å². The van der Waals surface area contributed by atoms with Crippen molar-refractivity contribution < 1.29 is 9.53 Å². The highest BCUT2D eigenvalue weighted by Gasteiger charge is 2.28. The first-order valence-corrected chi connectivity index (χ1v) is 6.92. The zero-order chi connectivity index (χ0) is 13.0. The second kappa shape index (κ2) is 6.38. The molecule has 0 radical (unpaired) electrons. The average molecular weight is 255 g/mol. The van der Waals surface area contributed by atoms with Crippen molar-refractivity contribution in [2.45, 2.75) is 25.3 Å². The minimum Gasteiger partial charge on any atom is -0.384 e. The normalized spacial score (nSPS) is 26.6. The molecular formula is C13H25N3O2. The molecule has 1 unspecified atom stereocenters. The molecular weight excluding hydrogens is 230 g/mol. The summed E-state index contributed by atoms with van der Waals surface area (Å²) in [4.78, 5) is 16.4. The number of piperidine rings is 1. The lowest BCUT2D eigenvalue weighted by molar-refractivity contribution is 0.152. The van der Waals surface area contributed by atoms with Gasteiger partial charge in [0.15, 0.2) is 0 Å². The summed E-state index contributed by atoms with van der Waals surface area (Å²) in [5.74, 6) is 0.512. The topological polar surface area (TPSA) is 44.8 Å². The van der Waals surface area contributed by atoms with E-state index >= 15 is 0 Å². The molecule has 0 bridgehead atoms. The van der Waals surface area contributed by atoms with E-state index in [4.69, 9.17) is 4.74 Å². The summed E-state index contributed by atoms with van der Waals surface area (Å²) in [5, 5.41) is 3.16. The summed E-state index contributed by atoms with van der Waals surface area (Å²) in [6.07, 6.45) is 3.20. The average Bonchev–Trinajstić information content (AvgIpc) is 2.81. The van der Waals surface area contributed by atoms with E-state index in [0.29, 0.717) is 12.0 Å². The number of amides is 2. The maximum Gasteiger partial charge on any atom is 0.317 e. The highest BCUT2D eigenvalue weighted by atomic mass is 16.5. The summed E-state index contributed by atoms with van der Waals surface area (Å²) in [6, 6.07) is 0.471. The smallest absolute Gasteiger partial charge is 0.317 e. The van der Waals surface area contributed by atoms with Crippen LogP contribution in [0.3, 0.4) is 0 Å². The highest BCUT2D eigenvalue weighted by Crippen LogP contribution is 2.17. The lowest BCUT2D eigenvalue weighted by Crippen LogP contribution is -2.48. The van der Waals surface area contributed by atoms with E-state index in [0.717, 1.165) is 52.0 Å². The van der Waals surface area contributed by atoms with Gasteiger partial charge >= 0.3 is 6.03 Å². The molecule has 1 N–H and O–H groups in total. The van der Waals surface area contributed by atoms with Gasteiger partial charge in [-0.15, -0.1) is 0 Å². The first-order valence-electron chi connectivity index (χ1n) is 6.92. The van der Waals surface area contributed by atoms with Crippen LogP contribution in [-0.2, 0) is 4.74 Å². The van der Waals surface area contributed by atoms with Crippen molar-refractivity contribution in [1.82, 2.24) is 15.1 Å². The third-order valence-electron chi connectivity index (χ3n) is 4.02. The summed E-state index contributed by atoms with van der Waals surface area (Å²) >= 11 is 0. The fourth-order valence-electron chi connectivity index (χ4n) is 2.81. The van der Waals surface area contributed by atoms with Gasteiger partial charge in [0.25, 0.3) is 0 Å². The molecule has 2 saturated heterocycles. The molecule has 1 atom stereocenters. The summed E-state index contributed by atoms with van der Waals surface area (Å²) in [5.41, 5.74) is 0. The van der Waals surface area contributed by atoms with E-state index in [1.165, 1.54) is 0 Å². The number of methoxy groups -OCH3 is 1. The molecule has 2 rings (SSSR count). The number of likely N-dealkylation sites (tertiary alicyclic amines) is 2. The number of ether oxygens (including phenoxy) is 1. The van der Waals surface area contributed by atoms with Gasteiger partial charge in [0.1, 0.15) is 0 Å². The van der Waals surface area contributed by atoms with Crippen LogP contribution in [0.5, 0.6) is 0 Å². The van der Waals surface area contributed by atoms with Crippen molar-refractivity contribution in [2.75, 3.05) is 46.9 Å². The van der Waals surface area contributed by atoms with Crippen molar-refractivity contribution in [2.24, 2.45) is 5.92 Å². The van der Waals surface area contributed by atoms with Gasteiger partial charge in [-0.3, -0.25) is 0 Å². The van der Waals surface area contributed by atoms with Gasteiger partial charge in [-0.2, -0.15) is 0 Å². The van der Waals surface area contributed by atoms with E-state index in [2.05, 4.69) is 17.3 Å². The number of rotatable bonds is 3. The molecule has 2 amide bonds. The number of nitrogens with one attached hydrogen (secondary N) is 1. The molecule has 5 heteroatoms. The summed E-state index contributed by atoms with van der Waals surface area (Å²) < 4.78 is 5.15. The van der Waals surface area contributed by atoms with Gasteiger partial charge in [-0.25, -0.2) is 4.79 Å². The molecule has 2 fully saturated rings. The maximum absolute atomic E-state index is 12.1. The van der Waals surface area contributed by atoms with Crippen LogP contribution in [-0.4, -0.2) is 68.8 Å². The fraction of sp³-hybridized carbons (Fsp3) is 0.923. The predicted molar refractivity (Wildman–Crippen MR) is 70.6 cm³/mol. The second-order valence-corrected chi connectivity index (χ2v) is 5.58. The van der Waals surface area contributed by atoms with Gasteiger partial charge in [-0.1, -0.05) is 0 Å². The van der Waals surface area contributed by atoms with Crippen molar-refractivity contribution >= 4 is 6.03 Å². The molecule has 2 aliphatic rings. The molecule has 2 aliphatic heterocycles. The predicted octanol–water partition coefficient (Wildman–Crippen LogP) is 0.759. The van der Waals surface area contributed by atoms with Crippen LogP contribution in [0.4, 0.5) is 4.79 Å². The maximum atomic E-state index is 12.1. The lowest BCUT2D eigenvalue weighted by atomic mass is 10.1. The van der Waals surface area contributed by atoms with E-state index in [9.17, 15) is 4.79 Å². The van der Waals surface area contributed by atoms with Crippen LogP contribution in [0.25, 0.3) is 0 Å². The van der Waals surface area contributed by atoms with Gasteiger partial charge < -0.3 is 19.9 Å². The van der Waals surface area contributed by atoms with Crippen molar-refractivity contribution in [1.29, 1.82) is 0 Å². The number of hydrogen-bond donors (Lipinski definition) is 1. The van der Waals surface area contributed by atoms with Crippen LogP contribution in [0, 0.1) is 5.92 Å². The van der Waals surface area contributed by atoms with E-state index in [-0.39, 0.29) is 6.03 Å². The van der Waals surface area contributed by atoms with Gasteiger partial charge in [-0.05, 0) is 39.4 Å². The van der Waals surface area contributed by atoms with Crippen molar-refractivity contribution in [3.05, 3.63) is 0 Å². The molecule has 2 heterocycles. The largest absolute Gasteiger partial charge is 0.384 e. The standard InChI is InChI=1S/C13H25N3O2/c1-15-6-4-12(5-7-15)14-13(17)16-8-3-11(9-16)10-18-2/h11-12H,3-10H2,1-2H3,(H,14,17). The zero-order valence-electron chi connectivity index (χ0n) is 11.5. The third-order valence-corrected chi connectivity index (χ3v) is 4.02. The van der Waals surface area contributed by atoms with Gasteiger partial charge in [0, 0.05) is 32.2 Å². The Morgan fingerprint density at radius 1 is 1.28 bits per heavy atom. The molecule has 5 nitrogen and oxygen atoms in total. The second-order valence-electron chi connectivity index (χ2n) is 5.58. The van der Waals surface area contributed by atoms with Crippen LogP contribution in [0.15, 0.2) is 0 Å². The molecule has 0 aromatic heterocycles. The number of hydrogen-bond acceptors (Lipinski definition) is 3. The van der Waals surface area contributed by atoms with E-state index < -0.39 is 0 Å². The Labute approximate surface area is 109 Å². The number of carbonyl (C=O) groups is 1. The van der Waals surface area contributed by atoms with Crippen LogP contribution in [0.1, 0.15) is 19.3 Å². The Bertz CT molecular complexity index is 277. The molecule has 0 aliphatic carbocycles. The molecule has 0 spiro atoms. The number of urea groups is 1. The highest BCUT2D eigenvalue weighted by molar-refractivity contribution is 5.74. The summed E-state index contributed by atoms with van der Waals surface area (Å²) in [7, 11) is 3.86. The monoisotopic (exact) mass is 255 g/mol. The Balaban J connectivity index is 1.72. The van der Waals surface area contributed by atoms with Gasteiger partial charge in [0.05, 0.1) is 6.61 Å². The minimum absolute atomic E-state index is 0.114. The third kappa shape index (κ3) is 3.59. The van der Waals surface area contributed by atoms with Crippen LogP contribution >= 0.6 is 0 Å². The SMILES string of the molecule is COCC1CCN(C(=O)NC2CCN(C)CC2)C1. The number of nitrogens with zero attached hydrogens (tertiary/aromatic N) is 2. The molecule has 0 aromatic rings. The van der Waals surface area contributed by atoms with Crippen molar-refractivity contribution in [3.63, 3.8) is 0 Å². The minimum atomic E-state index is 0.114. The van der Waals surface area contributed by atoms with Gasteiger partial charge in [0.2, 0.25) is 0 Å².